The largest absolute Gasteiger partial charge is 0.455 e. The zero-order chi connectivity index (χ0) is 39.7. The lowest BCUT2D eigenvalue weighted by Crippen LogP contribution is -2.15. The molecule has 280 valence electrons. The molecule has 0 bridgehead atoms. The minimum absolute atomic E-state index is 0.149. The van der Waals surface area contributed by atoms with Crippen LogP contribution >= 0.6 is 0 Å². The van der Waals surface area contributed by atoms with Crippen LogP contribution < -0.4 is 0 Å². The first kappa shape index (κ1) is 33.5. The number of rotatable bonds is 3. The van der Waals surface area contributed by atoms with Crippen molar-refractivity contribution in [3.63, 3.8) is 0 Å². The van der Waals surface area contributed by atoms with Gasteiger partial charge < -0.3 is 4.42 Å². The third-order valence-corrected chi connectivity index (χ3v) is 13.6. The fraction of sp³-hybridized carbons (Fsp3) is 0.0508. The van der Waals surface area contributed by atoms with Crippen molar-refractivity contribution < 1.29 is 4.42 Å². The van der Waals surface area contributed by atoms with Crippen LogP contribution in [0.25, 0.3) is 120 Å². The van der Waals surface area contributed by atoms with Crippen LogP contribution in [-0.2, 0) is 5.41 Å². The van der Waals surface area contributed by atoms with Crippen molar-refractivity contribution in [3.05, 3.63) is 205 Å². The maximum Gasteiger partial charge on any atom is 0.143 e. The Balaban J connectivity index is 0.926. The molecule has 0 N–H and O–H groups in total. The third-order valence-electron chi connectivity index (χ3n) is 13.6. The average molecular weight is 763 g/mol. The van der Waals surface area contributed by atoms with Gasteiger partial charge in [-0.1, -0.05) is 172 Å². The van der Waals surface area contributed by atoms with E-state index < -0.39 is 0 Å². The molecule has 1 aliphatic carbocycles. The zero-order valence-corrected chi connectivity index (χ0v) is 33.4. The van der Waals surface area contributed by atoms with E-state index in [0.717, 1.165) is 11.2 Å². The highest BCUT2D eigenvalue weighted by molar-refractivity contribution is 6.24. The predicted molar refractivity (Wildman–Crippen MR) is 255 cm³/mol. The lowest BCUT2D eigenvalue weighted by molar-refractivity contribution is 0.665. The lowest BCUT2D eigenvalue weighted by Gasteiger charge is -2.23. The van der Waals surface area contributed by atoms with E-state index in [9.17, 15) is 0 Å². The van der Waals surface area contributed by atoms with Gasteiger partial charge in [0.2, 0.25) is 0 Å². The van der Waals surface area contributed by atoms with E-state index in [4.69, 9.17) is 4.42 Å². The van der Waals surface area contributed by atoms with Gasteiger partial charge in [-0.15, -0.1) is 0 Å². The van der Waals surface area contributed by atoms with E-state index in [2.05, 4.69) is 202 Å². The Morgan fingerprint density at radius 3 is 1.65 bits per heavy atom. The normalized spacial score (nSPS) is 13.3. The molecule has 0 radical (unpaired) electrons. The van der Waals surface area contributed by atoms with Gasteiger partial charge in [0.15, 0.2) is 0 Å². The monoisotopic (exact) mass is 762 g/mol. The molecular formula is C59H38O. The summed E-state index contributed by atoms with van der Waals surface area (Å²) in [5, 5.41) is 14.9. The molecule has 0 fully saturated rings. The summed E-state index contributed by atoms with van der Waals surface area (Å²) in [4.78, 5) is 0. The second kappa shape index (κ2) is 12.3. The van der Waals surface area contributed by atoms with Crippen LogP contribution in [0.1, 0.15) is 25.0 Å². The van der Waals surface area contributed by atoms with Crippen molar-refractivity contribution in [3.8, 4) is 44.5 Å². The van der Waals surface area contributed by atoms with E-state index >= 15 is 0 Å². The molecule has 1 nitrogen and oxygen atoms in total. The van der Waals surface area contributed by atoms with Crippen molar-refractivity contribution in [1.82, 2.24) is 0 Å². The minimum Gasteiger partial charge on any atom is -0.455 e. The second-order valence-electron chi connectivity index (χ2n) is 17.2. The minimum atomic E-state index is -0.149. The zero-order valence-electron chi connectivity index (χ0n) is 33.4. The highest BCUT2D eigenvalue weighted by Gasteiger charge is 2.37. The third kappa shape index (κ3) is 4.63. The van der Waals surface area contributed by atoms with Gasteiger partial charge in [-0.05, 0) is 141 Å². The highest BCUT2D eigenvalue weighted by atomic mass is 16.3. The fourth-order valence-electron chi connectivity index (χ4n) is 10.9. The van der Waals surface area contributed by atoms with Crippen molar-refractivity contribution >= 4 is 75.8 Å². The number of hydrogen-bond donors (Lipinski definition) is 0. The summed E-state index contributed by atoms with van der Waals surface area (Å²) < 4.78 is 6.49. The van der Waals surface area contributed by atoms with Crippen LogP contribution in [-0.4, -0.2) is 0 Å². The first-order valence-electron chi connectivity index (χ1n) is 21.0. The number of fused-ring (bicyclic) bond motifs is 13. The van der Waals surface area contributed by atoms with E-state index in [1.807, 2.05) is 6.07 Å². The molecule has 1 heteroatoms. The summed E-state index contributed by atoms with van der Waals surface area (Å²) in [7, 11) is 0. The molecule has 1 aromatic heterocycles. The molecule has 0 spiro atoms. The van der Waals surface area contributed by atoms with Gasteiger partial charge in [-0.3, -0.25) is 0 Å². The Labute approximate surface area is 347 Å². The molecule has 11 aromatic carbocycles. The lowest BCUT2D eigenvalue weighted by atomic mass is 9.80. The first-order chi connectivity index (χ1) is 29.5. The summed E-state index contributed by atoms with van der Waals surface area (Å²) in [6, 6.07) is 71.9. The predicted octanol–water partition coefficient (Wildman–Crippen LogP) is 16.7. The molecule has 60 heavy (non-hydrogen) atoms. The van der Waals surface area contributed by atoms with Gasteiger partial charge in [-0.25, -0.2) is 0 Å². The number of furan rings is 1. The maximum absolute atomic E-state index is 6.49. The molecule has 0 atom stereocenters. The summed E-state index contributed by atoms with van der Waals surface area (Å²) in [6.45, 7) is 4.74. The van der Waals surface area contributed by atoms with Gasteiger partial charge in [0.1, 0.15) is 11.2 Å². The molecule has 1 heterocycles. The van der Waals surface area contributed by atoms with Crippen LogP contribution in [0.15, 0.2) is 199 Å². The molecule has 0 saturated heterocycles. The molecule has 0 aliphatic heterocycles. The van der Waals surface area contributed by atoms with Crippen LogP contribution in [0.2, 0.25) is 0 Å². The van der Waals surface area contributed by atoms with Crippen LogP contribution in [0.3, 0.4) is 0 Å². The van der Waals surface area contributed by atoms with Crippen molar-refractivity contribution in [2.24, 2.45) is 0 Å². The first-order valence-corrected chi connectivity index (χ1v) is 21.0. The van der Waals surface area contributed by atoms with Crippen molar-refractivity contribution in [1.29, 1.82) is 0 Å². The SMILES string of the molecule is CC1(C)c2ccc(-c3ccc4cc(-c5c6ccccc6c(-c6cccc7ccccc67)c6ccccc56)ccc4c3)cc2-c2ccc3c(ccc4c5ccccc5oc34)c21. The number of benzene rings is 11. The Morgan fingerprint density at radius 2 is 0.883 bits per heavy atom. The van der Waals surface area contributed by atoms with Gasteiger partial charge in [0.25, 0.3) is 0 Å². The maximum atomic E-state index is 6.49. The van der Waals surface area contributed by atoms with E-state index in [-0.39, 0.29) is 5.41 Å². The fourth-order valence-corrected chi connectivity index (χ4v) is 10.9. The molecular weight excluding hydrogens is 725 g/mol. The van der Waals surface area contributed by atoms with E-state index in [1.165, 1.54) is 120 Å². The van der Waals surface area contributed by atoms with E-state index in [0.29, 0.717) is 0 Å². The summed E-state index contributed by atoms with van der Waals surface area (Å²) in [6.07, 6.45) is 0. The topological polar surface area (TPSA) is 13.1 Å². The Kier molecular flexibility index (Phi) is 6.85. The molecule has 1 aliphatic rings. The Morgan fingerprint density at radius 1 is 0.333 bits per heavy atom. The Hall–Kier alpha value is -7.48. The Bertz CT molecular complexity index is 3740. The summed E-state index contributed by atoms with van der Waals surface area (Å²) >= 11 is 0. The van der Waals surface area contributed by atoms with Crippen LogP contribution in [0.5, 0.6) is 0 Å². The molecule has 0 unspecified atom stereocenters. The standard InChI is InChI=1S/C59H38O/c1-59(2)53-31-26-39(34-52(53)49-28-30-51-48(57(49)59)27-29-50-42-15-9-10-21-54(42)60-58(50)51)37-22-23-38-33-40(25-24-36(38)32-37)55-44-16-5-7-18-46(44)56(47-19-8-6-17-45(47)55)43-20-11-13-35-12-3-4-14-41(35)43/h3-34H,1-2H3. The van der Waals surface area contributed by atoms with Gasteiger partial charge in [0, 0.05) is 21.6 Å². The van der Waals surface area contributed by atoms with Gasteiger partial charge >= 0.3 is 0 Å². The van der Waals surface area contributed by atoms with E-state index in [1.54, 1.807) is 0 Å². The second-order valence-corrected chi connectivity index (χ2v) is 17.2. The average Bonchev–Trinajstić information content (AvgIpc) is 3.79. The van der Waals surface area contributed by atoms with Crippen molar-refractivity contribution in [2.45, 2.75) is 19.3 Å². The number of para-hydroxylation sites is 1. The van der Waals surface area contributed by atoms with Gasteiger partial charge in [0.05, 0.1) is 0 Å². The van der Waals surface area contributed by atoms with Crippen LogP contribution in [0.4, 0.5) is 0 Å². The van der Waals surface area contributed by atoms with Crippen molar-refractivity contribution in [2.75, 3.05) is 0 Å². The van der Waals surface area contributed by atoms with Crippen LogP contribution in [0, 0.1) is 0 Å². The quantitative estimate of drug-likeness (QED) is 0.163. The molecule has 12 aromatic rings. The molecule has 13 rings (SSSR count). The molecule has 0 saturated carbocycles. The highest BCUT2D eigenvalue weighted by Crippen LogP contribution is 2.53. The number of hydrogen-bond acceptors (Lipinski definition) is 1. The molecule has 0 amide bonds. The summed E-state index contributed by atoms with van der Waals surface area (Å²) in [5.41, 5.74) is 14.7. The van der Waals surface area contributed by atoms with Gasteiger partial charge in [-0.2, -0.15) is 0 Å². The smallest absolute Gasteiger partial charge is 0.143 e. The summed E-state index contributed by atoms with van der Waals surface area (Å²) in [5.74, 6) is 0.